The van der Waals surface area contributed by atoms with E-state index in [2.05, 4.69) is 47.0 Å². The molecule has 1 heterocycles. The molecule has 0 radical (unpaired) electrons. The first kappa shape index (κ1) is 14.4. The third kappa shape index (κ3) is 3.96. The topological polar surface area (TPSA) is 36.4 Å². The molecule has 1 aromatic rings. The quantitative estimate of drug-likeness (QED) is 0.656. The van der Waals surface area contributed by atoms with Crippen LogP contribution in [0, 0.1) is 0 Å². The van der Waals surface area contributed by atoms with Crippen LogP contribution in [0.3, 0.4) is 0 Å². The summed E-state index contributed by atoms with van der Waals surface area (Å²) in [6.07, 6.45) is 5.23. The average molecular weight is 279 g/mol. The summed E-state index contributed by atoms with van der Waals surface area (Å²) in [5, 5.41) is 9.14. The van der Waals surface area contributed by atoms with Crippen LogP contribution in [-0.4, -0.2) is 25.6 Å². The molecule has 2 rings (SSSR count). The molecule has 0 spiro atoms. The van der Waals surface area contributed by atoms with Crippen LogP contribution >= 0.6 is 11.3 Å². The Morgan fingerprint density at radius 1 is 1.42 bits per heavy atom. The van der Waals surface area contributed by atoms with Crippen molar-refractivity contribution in [3.8, 4) is 0 Å². The van der Waals surface area contributed by atoms with E-state index in [1.807, 2.05) is 18.4 Å². The molecule has 0 bridgehead atoms. The highest BCUT2D eigenvalue weighted by Crippen LogP contribution is 2.26. The van der Waals surface area contributed by atoms with Gasteiger partial charge in [-0.1, -0.05) is 32.8 Å². The maximum Gasteiger partial charge on any atom is 0.191 e. The van der Waals surface area contributed by atoms with Gasteiger partial charge in [0.05, 0.1) is 0 Å². The van der Waals surface area contributed by atoms with E-state index in [-0.39, 0.29) is 5.41 Å². The number of guanidine groups is 1. The van der Waals surface area contributed by atoms with E-state index in [0.29, 0.717) is 6.04 Å². The van der Waals surface area contributed by atoms with Gasteiger partial charge in [-0.15, -0.1) is 11.3 Å². The summed E-state index contributed by atoms with van der Waals surface area (Å²) >= 11 is 1.82. The van der Waals surface area contributed by atoms with E-state index in [0.717, 1.165) is 12.5 Å². The number of hydrogen-bond donors (Lipinski definition) is 2. The van der Waals surface area contributed by atoms with Crippen molar-refractivity contribution >= 4 is 17.3 Å². The van der Waals surface area contributed by atoms with E-state index in [9.17, 15) is 0 Å². The molecule has 1 aromatic heterocycles. The lowest BCUT2D eigenvalue weighted by Crippen LogP contribution is -2.46. The van der Waals surface area contributed by atoms with Gasteiger partial charge in [-0.05, 0) is 24.3 Å². The molecule has 0 atom stereocenters. The molecule has 2 N–H and O–H groups in total. The minimum atomic E-state index is 0.140. The largest absolute Gasteiger partial charge is 0.356 e. The van der Waals surface area contributed by atoms with Crippen LogP contribution in [0.2, 0.25) is 0 Å². The van der Waals surface area contributed by atoms with Crippen LogP contribution in [0.1, 0.15) is 44.4 Å². The van der Waals surface area contributed by atoms with Gasteiger partial charge in [-0.3, -0.25) is 4.99 Å². The fourth-order valence-corrected chi connectivity index (χ4v) is 3.37. The molecular formula is C15H25N3S. The zero-order valence-electron chi connectivity index (χ0n) is 12.2. The molecule has 19 heavy (non-hydrogen) atoms. The van der Waals surface area contributed by atoms with E-state index in [1.165, 1.54) is 30.6 Å². The summed E-state index contributed by atoms with van der Waals surface area (Å²) in [5.41, 5.74) is 0.140. The molecule has 0 aromatic carbocycles. The van der Waals surface area contributed by atoms with Crippen molar-refractivity contribution in [2.45, 2.75) is 51.0 Å². The second-order valence-corrected chi connectivity index (χ2v) is 6.86. The Morgan fingerprint density at radius 3 is 2.74 bits per heavy atom. The standard InChI is InChI=1S/C15H25N3S/c1-15(2,13-9-6-10-19-13)11-17-14(16-3)18-12-7-4-5-8-12/h6,9-10,12H,4-5,7-8,11H2,1-3H3,(H2,16,17,18). The lowest BCUT2D eigenvalue weighted by molar-refractivity contribution is 0.512. The number of nitrogens with one attached hydrogen (secondary N) is 2. The molecule has 4 heteroatoms. The first-order valence-electron chi connectivity index (χ1n) is 7.13. The van der Waals surface area contributed by atoms with E-state index in [1.54, 1.807) is 0 Å². The Balaban J connectivity index is 1.85. The summed E-state index contributed by atoms with van der Waals surface area (Å²) in [4.78, 5) is 5.75. The molecule has 106 valence electrons. The molecule has 0 saturated heterocycles. The Hall–Kier alpha value is -1.03. The maximum atomic E-state index is 4.33. The number of nitrogens with zero attached hydrogens (tertiary/aromatic N) is 1. The van der Waals surface area contributed by atoms with Crippen molar-refractivity contribution < 1.29 is 0 Å². The van der Waals surface area contributed by atoms with Crippen LogP contribution in [-0.2, 0) is 5.41 Å². The van der Waals surface area contributed by atoms with Gasteiger partial charge in [-0.25, -0.2) is 0 Å². The molecular weight excluding hydrogens is 254 g/mol. The normalized spacial score (nSPS) is 17.7. The Labute approximate surface area is 120 Å². The van der Waals surface area contributed by atoms with Crippen LogP contribution < -0.4 is 10.6 Å². The number of hydrogen-bond acceptors (Lipinski definition) is 2. The van der Waals surface area contributed by atoms with Crippen molar-refractivity contribution in [2.75, 3.05) is 13.6 Å². The number of rotatable bonds is 4. The third-order valence-corrected chi connectivity index (χ3v) is 5.04. The minimum Gasteiger partial charge on any atom is -0.356 e. The van der Waals surface area contributed by atoms with Crippen molar-refractivity contribution in [3.05, 3.63) is 22.4 Å². The predicted molar refractivity (Wildman–Crippen MR) is 84.1 cm³/mol. The molecule has 1 aliphatic carbocycles. The summed E-state index contributed by atoms with van der Waals surface area (Å²) in [6.45, 7) is 5.45. The highest BCUT2D eigenvalue weighted by atomic mass is 32.1. The van der Waals surface area contributed by atoms with E-state index < -0.39 is 0 Å². The second kappa shape index (κ2) is 6.42. The summed E-state index contributed by atoms with van der Waals surface area (Å²) < 4.78 is 0. The predicted octanol–water partition coefficient (Wildman–Crippen LogP) is 3.13. The molecule has 0 amide bonds. The van der Waals surface area contributed by atoms with Crippen molar-refractivity contribution in [3.63, 3.8) is 0 Å². The summed E-state index contributed by atoms with van der Waals surface area (Å²) in [5.74, 6) is 0.941. The van der Waals surface area contributed by atoms with Crippen LogP contribution in [0.15, 0.2) is 22.5 Å². The van der Waals surface area contributed by atoms with Gasteiger partial charge in [0.2, 0.25) is 0 Å². The van der Waals surface area contributed by atoms with Crippen molar-refractivity contribution in [2.24, 2.45) is 4.99 Å². The molecule has 1 fully saturated rings. The van der Waals surface area contributed by atoms with E-state index >= 15 is 0 Å². The van der Waals surface area contributed by atoms with Gasteiger partial charge < -0.3 is 10.6 Å². The molecule has 0 unspecified atom stereocenters. The smallest absolute Gasteiger partial charge is 0.191 e. The highest BCUT2D eigenvalue weighted by Gasteiger charge is 2.23. The monoisotopic (exact) mass is 279 g/mol. The third-order valence-electron chi connectivity index (χ3n) is 3.81. The average Bonchev–Trinajstić information content (AvgIpc) is 3.07. The lowest BCUT2D eigenvalue weighted by Gasteiger charge is -2.26. The Bertz CT molecular complexity index is 403. The van der Waals surface area contributed by atoms with Crippen molar-refractivity contribution in [1.82, 2.24) is 10.6 Å². The minimum absolute atomic E-state index is 0.140. The first-order valence-corrected chi connectivity index (χ1v) is 8.01. The van der Waals surface area contributed by atoms with Gasteiger partial charge >= 0.3 is 0 Å². The molecule has 1 saturated carbocycles. The fraction of sp³-hybridized carbons (Fsp3) is 0.667. The van der Waals surface area contributed by atoms with Gasteiger partial charge in [0.25, 0.3) is 0 Å². The Kier molecular flexibility index (Phi) is 4.86. The maximum absolute atomic E-state index is 4.33. The first-order chi connectivity index (χ1) is 9.12. The molecule has 0 aliphatic heterocycles. The zero-order valence-corrected chi connectivity index (χ0v) is 13.0. The highest BCUT2D eigenvalue weighted by molar-refractivity contribution is 7.10. The van der Waals surface area contributed by atoms with Crippen molar-refractivity contribution in [1.29, 1.82) is 0 Å². The molecule has 1 aliphatic rings. The Morgan fingerprint density at radius 2 is 2.16 bits per heavy atom. The second-order valence-electron chi connectivity index (χ2n) is 5.91. The number of thiophene rings is 1. The fourth-order valence-electron chi connectivity index (χ4n) is 2.51. The van der Waals surface area contributed by atoms with Gasteiger partial charge in [0.1, 0.15) is 0 Å². The van der Waals surface area contributed by atoms with E-state index in [4.69, 9.17) is 0 Å². The van der Waals surface area contributed by atoms with Gasteiger partial charge in [0.15, 0.2) is 5.96 Å². The number of aliphatic imine (C=N–C) groups is 1. The summed E-state index contributed by atoms with van der Waals surface area (Å²) in [6, 6.07) is 4.93. The van der Waals surface area contributed by atoms with Crippen LogP contribution in [0.4, 0.5) is 0 Å². The van der Waals surface area contributed by atoms with Gasteiger partial charge in [0, 0.05) is 29.9 Å². The summed E-state index contributed by atoms with van der Waals surface area (Å²) in [7, 11) is 1.85. The lowest BCUT2D eigenvalue weighted by atomic mass is 9.91. The van der Waals surface area contributed by atoms with Gasteiger partial charge in [-0.2, -0.15) is 0 Å². The zero-order chi connectivity index (χ0) is 13.7. The molecule has 3 nitrogen and oxygen atoms in total. The van der Waals surface area contributed by atoms with Crippen LogP contribution in [0.5, 0.6) is 0 Å². The van der Waals surface area contributed by atoms with Crippen LogP contribution in [0.25, 0.3) is 0 Å². The SMILES string of the molecule is CN=C(NCC(C)(C)c1cccs1)NC1CCCC1.